The molecule has 0 aliphatic carbocycles. The number of nitriles is 1. The summed E-state index contributed by atoms with van der Waals surface area (Å²) in [6, 6.07) is 0. The smallest absolute Gasteiger partial charge is 0.321 e. The van der Waals surface area contributed by atoms with Gasteiger partial charge in [0.2, 0.25) is 0 Å². The molecule has 0 aromatic rings. The van der Waals surface area contributed by atoms with Crippen molar-refractivity contribution >= 4 is 6.98 Å². The van der Waals surface area contributed by atoms with Crippen molar-refractivity contribution in [2.24, 2.45) is 0 Å². The molecule has 0 saturated heterocycles. The second-order valence-corrected chi connectivity index (χ2v) is 2.43. The van der Waals surface area contributed by atoms with E-state index in [1.165, 1.54) is 0 Å². The van der Waals surface area contributed by atoms with Crippen LogP contribution in [0.3, 0.4) is 0 Å². The van der Waals surface area contributed by atoms with Gasteiger partial charge in [0.25, 0.3) is 0 Å². The number of hydrogen-bond donors (Lipinski definition) is 0. The highest BCUT2D eigenvalue weighted by Crippen LogP contribution is 1.87. The molecule has 0 atom stereocenters. The summed E-state index contributed by atoms with van der Waals surface area (Å²) in [5.41, 5.74) is 0. The molecule has 0 aromatic carbocycles. The van der Waals surface area contributed by atoms with Crippen molar-refractivity contribution in [1.29, 1.82) is 5.26 Å². The van der Waals surface area contributed by atoms with Gasteiger partial charge in [-0.3, -0.25) is 0 Å². The van der Waals surface area contributed by atoms with E-state index in [0.717, 1.165) is 0 Å². The van der Waals surface area contributed by atoms with E-state index in [-0.39, 0.29) is 6.98 Å². The molecule has 50 valence electrons. The average Bonchev–Trinajstić information content (AvgIpc) is 1.64. The number of nitrogens with zero attached hydrogens (tertiary/aromatic N) is 3. The van der Waals surface area contributed by atoms with Crippen molar-refractivity contribution in [1.82, 2.24) is 9.62 Å². The number of rotatable bonds is 2. The van der Waals surface area contributed by atoms with Crippen molar-refractivity contribution < 1.29 is 0 Å². The maximum absolute atomic E-state index is 8.53. The maximum atomic E-state index is 8.53. The molecule has 9 heavy (non-hydrogen) atoms. The summed E-state index contributed by atoms with van der Waals surface area (Å²) in [5.74, 6) is 2.15. The fraction of sp³-hybridized carbons (Fsp3) is 0.800. The maximum Gasteiger partial charge on any atom is 0.432 e. The van der Waals surface area contributed by atoms with Crippen molar-refractivity contribution in [3.8, 4) is 5.97 Å². The topological polar surface area (TPSA) is 30.3 Å². The largest absolute Gasteiger partial charge is 0.432 e. The van der Waals surface area contributed by atoms with Crippen LogP contribution in [0.15, 0.2) is 0 Å². The molecule has 0 heterocycles. The standard InChI is InChI=1S/C5H12BN3/c1-8(2)6(5-7)9(3)4/h1-4H3. The minimum absolute atomic E-state index is 0.106. The zero-order valence-electron chi connectivity index (χ0n) is 6.42. The molecule has 0 aromatic heterocycles. The van der Waals surface area contributed by atoms with Gasteiger partial charge >= 0.3 is 6.98 Å². The Hall–Kier alpha value is -0.525. The first-order valence-corrected chi connectivity index (χ1v) is 2.82. The zero-order chi connectivity index (χ0) is 7.44. The van der Waals surface area contributed by atoms with E-state index in [9.17, 15) is 0 Å². The van der Waals surface area contributed by atoms with Gasteiger partial charge in [-0.15, -0.1) is 0 Å². The fourth-order valence-electron chi connectivity index (χ4n) is 0.693. The lowest BCUT2D eigenvalue weighted by Crippen LogP contribution is -2.44. The van der Waals surface area contributed by atoms with E-state index in [1.807, 2.05) is 37.8 Å². The minimum atomic E-state index is -0.106. The molecule has 0 fully saturated rings. The van der Waals surface area contributed by atoms with Crippen LogP contribution >= 0.6 is 0 Å². The van der Waals surface area contributed by atoms with Crippen LogP contribution in [-0.4, -0.2) is 44.8 Å². The van der Waals surface area contributed by atoms with E-state index < -0.39 is 0 Å². The van der Waals surface area contributed by atoms with Gasteiger partial charge in [-0.25, -0.2) is 5.26 Å². The van der Waals surface area contributed by atoms with E-state index >= 15 is 0 Å². The van der Waals surface area contributed by atoms with Crippen LogP contribution < -0.4 is 0 Å². The Morgan fingerprint density at radius 1 is 1.11 bits per heavy atom. The highest BCUT2D eigenvalue weighted by Gasteiger charge is 2.19. The third-order valence-corrected chi connectivity index (χ3v) is 1.09. The Morgan fingerprint density at radius 3 is 1.44 bits per heavy atom. The normalized spacial score (nSPS) is 9.89. The van der Waals surface area contributed by atoms with Crippen LogP contribution in [0.4, 0.5) is 0 Å². The van der Waals surface area contributed by atoms with E-state index in [2.05, 4.69) is 5.97 Å². The van der Waals surface area contributed by atoms with Gasteiger partial charge < -0.3 is 9.62 Å². The summed E-state index contributed by atoms with van der Waals surface area (Å²) < 4.78 is 0. The van der Waals surface area contributed by atoms with Crippen LogP contribution in [-0.2, 0) is 0 Å². The lowest BCUT2D eigenvalue weighted by Gasteiger charge is -2.18. The third kappa shape index (κ3) is 2.50. The Labute approximate surface area is 57.0 Å². The Balaban J connectivity index is 3.87. The predicted molar refractivity (Wildman–Crippen MR) is 38.7 cm³/mol. The van der Waals surface area contributed by atoms with E-state index in [0.29, 0.717) is 0 Å². The quantitative estimate of drug-likeness (QED) is 0.473. The van der Waals surface area contributed by atoms with E-state index in [1.54, 1.807) is 0 Å². The first-order valence-electron chi connectivity index (χ1n) is 2.82. The van der Waals surface area contributed by atoms with Crippen molar-refractivity contribution in [3.63, 3.8) is 0 Å². The average molecular weight is 125 g/mol. The third-order valence-electron chi connectivity index (χ3n) is 1.09. The molecule has 0 saturated carbocycles. The van der Waals surface area contributed by atoms with Crippen LogP contribution in [0, 0.1) is 11.2 Å². The van der Waals surface area contributed by atoms with E-state index in [4.69, 9.17) is 5.26 Å². The lowest BCUT2D eigenvalue weighted by atomic mass is 9.76. The fourth-order valence-corrected chi connectivity index (χ4v) is 0.693. The Kier molecular flexibility index (Phi) is 3.29. The van der Waals surface area contributed by atoms with Crippen LogP contribution in [0.25, 0.3) is 0 Å². The van der Waals surface area contributed by atoms with Gasteiger partial charge in [0.1, 0.15) is 0 Å². The lowest BCUT2D eigenvalue weighted by molar-refractivity contribution is 0.532. The second kappa shape index (κ2) is 3.49. The van der Waals surface area contributed by atoms with Gasteiger partial charge in [-0.1, -0.05) is 0 Å². The Morgan fingerprint density at radius 2 is 1.44 bits per heavy atom. The molecule has 0 aliphatic heterocycles. The minimum Gasteiger partial charge on any atom is -0.321 e. The second-order valence-electron chi connectivity index (χ2n) is 2.43. The zero-order valence-corrected chi connectivity index (χ0v) is 6.42. The van der Waals surface area contributed by atoms with Gasteiger partial charge in [0.05, 0.1) is 0 Å². The predicted octanol–water partition coefficient (Wildman–Crippen LogP) is -0.339. The first-order chi connectivity index (χ1) is 4.09. The van der Waals surface area contributed by atoms with Crippen molar-refractivity contribution in [2.75, 3.05) is 28.2 Å². The van der Waals surface area contributed by atoms with Crippen LogP contribution in [0.2, 0.25) is 0 Å². The molecule has 0 spiro atoms. The molecule has 0 amide bonds. The highest BCUT2D eigenvalue weighted by molar-refractivity contribution is 6.60. The summed E-state index contributed by atoms with van der Waals surface area (Å²) in [6.07, 6.45) is 0. The Bertz CT molecular complexity index is 108. The molecule has 0 N–H and O–H groups in total. The SMILES string of the molecule is CN(C)B(C#N)N(C)C. The molecule has 0 radical (unpaired) electrons. The molecular formula is C5H12BN3. The van der Waals surface area contributed by atoms with Crippen molar-refractivity contribution in [3.05, 3.63) is 0 Å². The van der Waals surface area contributed by atoms with Gasteiger partial charge in [-0.2, -0.15) is 0 Å². The highest BCUT2D eigenvalue weighted by atomic mass is 15.2. The molecule has 3 nitrogen and oxygen atoms in total. The molecule has 0 rings (SSSR count). The summed E-state index contributed by atoms with van der Waals surface area (Å²) in [5, 5.41) is 8.53. The summed E-state index contributed by atoms with van der Waals surface area (Å²) >= 11 is 0. The first kappa shape index (κ1) is 8.47. The van der Waals surface area contributed by atoms with Gasteiger partial charge in [0, 0.05) is 5.97 Å². The molecular weight excluding hydrogens is 113 g/mol. The molecule has 0 unspecified atom stereocenters. The number of hydrogen-bond acceptors (Lipinski definition) is 3. The molecule has 0 aliphatic rings. The van der Waals surface area contributed by atoms with Gasteiger partial charge in [-0.05, 0) is 28.2 Å². The summed E-state index contributed by atoms with van der Waals surface area (Å²) in [6.45, 7) is -0.106. The monoisotopic (exact) mass is 125 g/mol. The summed E-state index contributed by atoms with van der Waals surface area (Å²) in [7, 11) is 7.53. The van der Waals surface area contributed by atoms with Crippen molar-refractivity contribution in [2.45, 2.75) is 0 Å². The molecule has 4 heteroatoms. The van der Waals surface area contributed by atoms with Crippen LogP contribution in [0.1, 0.15) is 0 Å². The van der Waals surface area contributed by atoms with Gasteiger partial charge in [0.15, 0.2) is 0 Å². The molecule has 0 bridgehead atoms. The summed E-state index contributed by atoms with van der Waals surface area (Å²) in [4.78, 5) is 3.72. The van der Waals surface area contributed by atoms with Crippen LogP contribution in [0.5, 0.6) is 0 Å².